The van der Waals surface area contributed by atoms with Crippen molar-refractivity contribution in [3.63, 3.8) is 0 Å². The van der Waals surface area contributed by atoms with E-state index in [2.05, 4.69) is 15.4 Å². The second-order valence-electron chi connectivity index (χ2n) is 7.42. The third kappa shape index (κ3) is 6.48. The molecule has 0 aliphatic carbocycles. The Bertz CT molecular complexity index is 1260. The van der Waals surface area contributed by atoms with E-state index in [1.54, 1.807) is 38.1 Å². The molecule has 0 aromatic heterocycles. The molecule has 0 aliphatic rings. The molecule has 3 aromatic carbocycles. The Morgan fingerprint density at radius 3 is 2.18 bits per heavy atom. The summed E-state index contributed by atoms with van der Waals surface area (Å²) in [5.74, 6) is -0.555. The summed E-state index contributed by atoms with van der Waals surface area (Å²) >= 11 is 0. The van der Waals surface area contributed by atoms with Gasteiger partial charge >= 0.3 is 6.18 Å². The summed E-state index contributed by atoms with van der Waals surface area (Å²) in [6.45, 7) is 2.25. The number of nitrogens with one attached hydrogen (secondary N) is 3. The van der Waals surface area contributed by atoms with Crippen LogP contribution in [-0.4, -0.2) is 27.0 Å². The summed E-state index contributed by atoms with van der Waals surface area (Å²) in [6.07, 6.45) is -4.41. The monoisotopic (exact) mass is 477 g/mol. The predicted octanol–water partition coefficient (Wildman–Crippen LogP) is 5.33. The van der Waals surface area contributed by atoms with Crippen LogP contribution in [0.15, 0.2) is 71.6 Å². The van der Waals surface area contributed by atoms with Crippen molar-refractivity contribution in [3.8, 4) is 0 Å². The molecule has 1 amide bonds. The normalized spacial score (nSPS) is 11.7. The van der Waals surface area contributed by atoms with Gasteiger partial charge in [-0.05, 0) is 67.4 Å². The highest BCUT2D eigenvalue weighted by atomic mass is 32.2. The van der Waals surface area contributed by atoms with Crippen molar-refractivity contribution in [2.24, 2.45) is 0 Å². The van der Waals surface area contributed by atoms with Gasteiger partial charge in [-0.1, -0.05) is 24.3 Å². The third-order valence-electron chi connectivity index (χ3n) is 4.69. The van der Waals surface area contributed by atoms with Gasteiger partial charge < -0.3 is 10.6 Å². The smallest absolute Gasteiger partial charge is 0.375 e. The highest BCUT2D eigenvalue weighted by Crippen LogP contribution is 2.25. The van der Waals surface area contributed by atoms with Gasteiger partial charge in [0.2, 0.25) is 0 Å². The molecule has 0 saturated heterocycles. The first kappa shape index (κ1) is 24.1. The molecule has 0 atom stereocenters. The largest absolute Gasteiger partial charge is 0.405 e. The Morgan fingerprint density at radius 2 is 1.55 bits per heavy atom. The topological polar surface area (TPSA) is 87.3 Å². The number of carbonyl (C=O) groups is 1. The van der Waals surface area contributed by atoms with Crippen LogP contribution in [0.25, 0.3) is 0 Å². The maximum Gasteiger partial charge on any atom is 0.405 e. The lowest BCUT2D eigenvalue weighted by Gasteiger charge is -2.15. The number of carbonyl (C=O) groups excluding carboxylic acids is 1. The van der Waals surface area contributed by atoms with Crippen LogP contribution in [0.3, 0.4) is 0 Å². The van der Waals surface area contributed by atoms with E-state index >= 15 is 0 Å². The summed E-state index contributed by atoms with van der Waals surface area (Å²) < 4.78 is 65.5. The number of benzene rings is 3. The van der Waals surface area contributed by atoms with Crippen LogP contribution >= 0.6 is 0 Å². The SMILES string of the molecule is Cc1ccc(C)c(S(=O)(=O)Nc2ccc(C(=O)Nc3ccccc3NCC(F)(F)F)cc2)c1. The lowest BCUT2D eigenvalue weighted by atomic mass is 10.2. The van der Waals surface area contributed by atoms with Crippen molar-refractivity contribution in [3.05, 3.63) is 83.4 Å². The number of para-hydroxylation sites is 2. The highest BCUT2D eigenvalue weighted by Gasteiger charge is 2.27. The average molecular weight is 478 g/mol. The van der Waals surface area contributed by atoms with E-state index < -0.39 is 28.7 Å². The molecule has 174 valence electrons. The molecule has 0 fully saturated rings. The zero-order valence-corrected chi connectivity index (χ0v) is 18.6. The van der Waals surface area contributed by atoms with E-state index in [4.69, 9.17) is 0 Å². The minimum atomic E-state index is -4.41. The standard InChI is InChI=1S/C23H22F3N3O3S/c1-15-7-8-16(2)21(13-15)33(31,32)29-18-11-9-17(10-12-18)22(30)28-20-6-4-3-5-19(20)27-14-23(24,25)26/h3-13,27,29H,14H2,1-2H3,(H,28,30). The predicted molar refractivity (Wildman–Crippen MR) is 122 cm³/mol. The van der Waals surface area contributed by atoms with Crippen molar-refractivity contribution in [1.29, 1.82) is 0 Å². The molecule has 0 aliphatic heterocycles. The Hall–Kier alpha value is -3.53. The molecule has 3 rings (SSSR count). The van der Waals surface area contributed by atoms with E-state index in [0.717, 1.165) is 5.56 Å². The van der Waals surface area contributed by atoms with Crippen LogP contribution in [0.4, 0.5) is 30.2 Å². The van der Waals surface area contributed by atoms with E-state index in [9.17, 15) is 26.4 Å². The first-order valence-corrected chi connectivity index (χ1v) is 11.3. The lowest BCUT2D eigenvalue weighted by molar-refractivity contribution is -0.115. The average Bonchev–Trinajstić information content (AvgIpc) is 2.74. The Kier molecular flexibility index (Phi) is 6.97. The van der Waals surface area contributed by atoms with E-state index in [1.165, 1.54) is 36.4 Å². The van der Waals surface area contributed by atoms with E-state index in [-0.39, 0.29) is 27.5 Å². The Morgan fingerprint density at radius 1 is 0.909 bits per heavy atom. The summed E-state index contributed by atoms with van der Waals surface area (Å²) in [5.41, 5.74) is 2.18. The summed E-state index contributed by atoms with van der Waals surface area (Å²) in [6, 6.07) is 16.8. The van der Waals surface area contributed by atoms with Crippen molar-refractivity contribution in [2.45, 2.75) is 24.9 Å². The van der Waals surface area contributed by atoms with Crippen molar-refractivity contribution < 1.29 is 26.4 Å². The number of amides is 1. The number of hydrogen-bond acceptors (Lipinski definition) is 4. The van der Waals surface area contributed by atoms with Gasteiger partial charge in [-0.3, -0.25) is 9.52 Å². The zero-order valence-electron chi connectivity index (χ0n) is 17.8. The quantitative estimate of drug-likeness (QED) is 0.429. The van der Waals surface area contributed by atoms with Crippen molar-refractivity contribution >= 4 is 33.0 Å². The van der Waals surface area contributed by atoms with Gasteiger partial charge in [-0.15, -0.1) is 0 Å². The van der Waals surface area contributed by atoms with E-state index in [1.807, 2.05) is 6.07 Å². The number of aryl methyl sites for hydroxylation is 2. The second-order valence-corrected chi connectivity index (χ2v) is 9.07. The van der Waals surface area contributed by atoms with Gasteiger partial charge in [0, 0.05) is 11.3 Å². The summed E-state index contributed by atoms with van der Waals surface area (Å²) in [7, 11) is -3.82. The van der Waals surface area contributed by atoms with Gasteiger partial charge in [0.05, 0.1) is 16.3 Å². The van der Waals surface area contributed by atoms with Gasteiger partial charge in [0.15, 0.2) is 0 Å². The van der Waals surface area contributed by atoms with Crippen LogP contribution in [0.2, 0.25) is 0 Å². The molecule has 0 radical (unpaired) electrons. The molecule has 10 heteroatoms. The summed E-state index contributed by atoms with van der Waals surface area (Å²) in [4.78, 5) is 12.7. The van der Waals surface area contributed by atoms with Gasteiger partial charge in [-0.25, -0.2) is 8.42 Å². The molecule has 0 heterocycles. The number of anilines is 3. The fraction of sp³-hybridized carbons (Fsp3) is 0.174. The maximum atomic E-state index is 12.7. The maximum absolute atomic E-state index is 12.7. The van der Waals surface area contributed by atoms with Crippen LogP contribution < -0.4 is 15.4 Å². The van der Waals surface area contributed by atoms with Crippen LogP contribution in [0.5, 0.6) is 0 Å². The molecular formula is C23H22F3N3O3S. The molecular weight excluding hydrogens is 455 g/mol. The lowest BCUT2D eigenvalue weighted by Crippen LogP contribution is -2.22. The van der Waals surface area contributed by atoms with Crippen LogP contribution in [0, 0.1) is 13.8 Å². The molecule has 0 unspecified atom stereocenters. The first-order valence-electron chi connectivity index (χ1n) is 9.86. The van der Waals surface area contributed by atoms with Crippen LogP contribution in [0.1, 0.15) is 21.5 Å². The van der Waals surface area contributed by atoms with Crippen LogP contribution in [-0.2, 0) is 10.0 Å². The second kappa shape index (κ2) is 9.53. The number of rotatable bonds is 7. The Labute approximate surface area is 189 Å². The Balaban J connectivity index is 1.72. The number of hydrogen-bond donors (Lipinski definition) is 3. The van der Waals surface area contributed by atoms with Gasteiger partial charge in [-0.2, -0.15) is 13.2 Å². The zero-order chi connectivity index (χ0) is 24.2. The van der Waals surface area contributed by atoms with Crippen molar-refractivity contribution in [2.75, 3.05) is 21.9 Å². The number of alkyl halides is 3. The summed E-state index contributed by atoms with van der Waals surface area (Å²) in [5, 5.41) is 4.82. The highest BCUT2D eigenvalue weighted by molar-refractivity contribution is 7.92. The van der Waals surface area contributed by atoms with Gasteiger partial charge in [0.1, 0.15) is 6.54 Å². The molecule has 0 bridgehead atoms. The fourth-order valence-electron chi connectivity index (χ4n) is 3.03. The van der Waals surface area contributed by atoms with Crippen molar-refractivity contribution in [1.82, 2.24) is 0 Å². The fourth-order valence-corrected chi connectivity index (χ4v) is 4.42. The molecule has 3 aromatic rings. The van der Waals surface area contributed by atoms with Gasteiger partial charge in [0.25, 0.3) is 15.9 Å². The molecule has 0 saturated carbocycles. The first-order chi connectivity index (χ1) is 15.4. The molecule has 6 nitrogen and oxygen atoms in total. The third-order valence-corrected chi connectivity index (χ3v) is 6.21. The minimum absolute atomic E-state index is 0.126. The van der Waals surface area contributed by atoms with E-state index in [0.29, 0.717) is 5.56 Å². The minimum Gasteiger partial charge on any atom is -0.375 e. The molecule has 33 heavy (non-hydrogen) atoms. The molecule has 3 N–H and O–H groups in total. The molecule has 0 spiro atoms. The number of sulfonamides is 1. The number of halogens is 3.